The van der Waals surface area contributed by atoms with Gasteiger partial charge >= 0.3 is 0 Å². The van der Waals surface area contributed by atoms with E-state index in [0.717, 1.165) is 5.75 Å². The molecule has 0 saturated carbocycles. The number of pyridine rings is 1. The van der Waals surface area contributed by atoms with Gasteiger partial charge in [-0.3, -0.25) is 0 Å². The van der Waals surface area contributed by atoms with Gasteiger partial charge in [0.15, 0.2) is 0 Å². The summed E-state index contributed by atoms with van der Waals surface area (Å²) in [5, 5.41) is 0. The van der Waals surface area contributed by atoms with Crippen molar-refractivity contribution in [2.75, 3.05) is 5.43 Å². The van der Waals surface area contributed by atoms with Gasteiger partial charge in [0.25, 0.3) is 0 Å². The minimum absolute atomic E-state index is 0.573. The molecule has 0 amide bonds. The van der Waals surface area contributed by atoms with Crippen LogP contribution in [-0.4, -0.2) is 4.98 Å². The Bertz CT molecular complexity index is 431. The molecule has 1 aromatic heterocycles. The zero-order valence-corrected chi connectivity index (χ0v) is 8.05. The first-order chi connectivity index (χ1) is 7.38. The van der Waals surface area contributed by atoms with E-state index in [2.05, 4.69) is 10.4 Å². The van der Waals surface area contributed by atoms with E-state index in [-0.39, 0.29) is 0 Å². The van der Waals surface area contributed by atoms with Gasteiger partial charge in [-0.05, 0) is 18.2 Å². The Kier molecular flexibility index (Phi) is 2.80. The molecular weight excluding hydrogens is 190 g/mol. The molecule has 0 aliphatic carbocycles. The predicted molar refractivity (Wildman–Crippen MR) is 58.6 cm³/mol. The number of benzene rings is 1. The lowest BCUT2D eigenvalue weighted by Gasteiger charge is -2.06. The number of hydrogen-bond acceptors (Lipinski definition) is 4. The molecule has 1 heterocycles. The van der Waals surface area contributed by atoms with Gasteiger partial charge in [0.1, 0.15) is 17.3 Å². The molecule has 0 aliphatic heterocycles. The van der Waals surface area contributed by atoms with Gasteiger partial charge in [0, 0.05) is 12.3 Å². The molecule has 2 rings (SSSR count). The average Bonchev–Trinajstić information content (AvgIpc) is 2.31. The molecular formula is C11H11N3O. The van der Waals surface area contributed by atoms with E-state index in [1.54, 1.807) is 18.3 Å². The van der Waals surface area contributed by atoms with E-state index in [1.165, 1.54) is 0 Å². The fourth-order valence-corrected chi connectivity index (χ4v) is 1.18. The summed E-state index contributed by atoms with van der Waals surface area (Å²) < 4.78 is 5.59. The first-order valence-corrected chi connectivity index (χ1v) is 4.54. The summed E-state index contributed by atoms with van der Waals surface area (Å²) in [6.45, 7) is 0. The normalized spacial score (nSPS) is 9.67. The lowest BCUT2D eigenvalue weighted by atomic mass is 10.3. The highest BCUT2D eigenvalue weighted by molar-refractivity contribution is 5.41. The molecule has 0 spiro atoms. The number of nitrogen functional groups attached to an aromatic ring is 1. The van der Waals surface area contributed by atoms with Gasteiger partial charge in [-0.15, -0.1) is 0 Å². The monoisotopic (exact) mass is 201 g/mol. The Labute approximate surface area is 87.7 Å². The van der Waals surface area contributed by atoms with Gasteiger partial charge in [-0.2, -0.15) is 0 Å². The minimum Gasteiger partial charge on any atom is -0.457 e. The molecule has 1 aromatic carbocycles. The Morgan fingerprint density at radius 1 is 1.07 bits per heavy atom. The highest BCUT2D eigenvalue weighted by Gasteiger charge is 1.97. The van der Waals surface area contributed by atoms with Gasteiger partial charge in [-0.25, -0.2) is 10.8 Å². The minimum atomic E-state index is 0.573. The van der Waals surface area contributed by atoms with Gasteiger partial charge < -0.3 is 10.2 Å². The van der Waals surface area contributed by atoms with Gasteiger partial charge in [0.05, 0.1) is 0 Å². The van der Waals surface area contributed by atoms with Gasteiger partial charge in [-0.1, -0.05) is 18.2 Å². The van der Waals surface area contributed by atoms with Crippen molar-refractivity contribution in [3.8, 4) is 11.5 Å². The van der Waals surface area contributed by atoms with Crippen LogP contribution in [0.4, 0.5) is 5.82 Å². The Hall–Kier alpha value is -2.07. The van der Waals surface area contributed by atoms with Crippen LogP contribution in [-0.2, 0) is 0 Å². The molecule has 15 heavy (non-hydrogen) atoms. The largest absolute Gasteiger partial charge is 0.457 e. The molecule has 76 valence electrons. The Morgan fingerprint density at radius 2 is 1.87 bits per heavy atom. The smallest absolute Gasteiger partial charge is 0.143 e. The van der Waals surface area contributed by atoms with Crippen molar-refractivity contribution < 1.29 is 4.74 Å². The number of para-hydroxylation sites is 1. The third-order valence-electron chi connectivity index (χ3n) is 1.86. The first kappa shape index (κ1) is 9.48. The Morgan fingerprint density at radius 3 is 2.60 bits per heavy atom. The fraction of sp³-hybridized carbons (Fsp3) is 0. The zero-order chi connectivity index (χ0) is 10.5. The lowest BCUT2D eigenvalue weighted by Crippen LogP contribution is -2.08. The van der Waals surface area contributed by atoms with Crippen LogP contribution in [0.15, 0.2) is 48.7 Å². The molecule has 0 bridgehead atoms. The summed E-state index contributed by atoms with van der Waals surface area (Å²) in [4.78, 5) is 3.98. The number of hydrogen-bond donors (Lipinski definition) is 2. The summed E-state index contributed by atoms with van der Waals surface area (Å²) in [6.07, 6.45) is 1.63. The van der Waals surface area contributed by atoms with Crippen LogP contribution in [0.5, 0.6) is 11.5 Å². The molecule has 0 radical (unpaired) electrons. The summed E-state index contributed by atoms with van der Waals surface area (Å²) >= 11 is 0. The molecule has 0 fully saturated rings. The highest BCUT2D eigenvalue weighted by atomic mass is 16.5. The van der Waals surface area contributed by atoms with E-state index in [9.17, 15) is 0 Å². The standard InChI is InChI=1S/C11H11N3O/c12-14-11-8-10(6-7-13-11)15-9-4-2-1-3-5-9/h1-8H,12H2,(H,13,14). The van der Waals surface area contributed by atoms with E-state index in [0.29, 0.717) is 11.6 Å². The van der Waals surface area contributed by atoms with Crippen LogP contribution >= 0.6 is 0 Å². The second-order valence-electron chi connectivity index (χ2n) is 2.94. The summed E-state index contributed by atoms with van der Waals surface area (Å²) in [5.74, 6) is 7.30. The topological polar surface area (TPSA) is 60.2 Å². The van der Waals surface area contributed by atoms with E-state index in [4.69, 9.17) is 10.6 Å². The van der Waals surface area contributed by atoms with Crippen LogP contribution in [0.3, 0.4) is 0 Å². The maximum atomic E-state index is 5.59. The van der Waals surface area contributed by atoms with Crippen molar-refractivity contribution >= 4 is 5.82 Å². The summed E-state index contributed by atoms with van der Waals surface area (Å²) in [6, 6.07) is 13.0. The molecule has 4 nitrogen and oxygen atoms in total. The van der Waals surface area contributed by atoms with Crippen molar-refractivity contribution in [1.29, 1.82) is 0 Å². The number of hydrazine groups is 1. The molecule has 2 aromatic rings. The zero-order valence-electron chi connectivity index (χ0n) is 8.05. The van der Waals surface area contributed by atoms with Crippen LogP contribution in [0.25, 0.3) is 0 Å². The predicted octanol–water partition coefficient (Wildman–Crippen LogP) is 2.16. The maximum absolute atomic E-state index is 5.59. The fourth-order valence-electron chi connectivity index (χ4n) is 1.18. The van der Waals surface area contributed by atoms with E-state index >= 15 is 0 Å². The van der Waals surface area contributed by atoms with Gasteiger partial charge in [0.2, 0.25) is 0 Å². The van der Waals surface area contributed by atoms with E-state index < -0.39 is 0 Å². The highest BCUT2D eigenvalue weighted by Crippen LogP contribution is 2.21. The second kappa shape index (κ2) is 4.43. The van der Waals surface area contributed by atoms with Crippen LogP contribution in [0.1, 0.15) is 0 Å². The van der Waals surface area contributed by atoms with Crippen molar-refractivity contribution in [1.82, 2.24) is 4.98 Å². The molecule has 3 N–H and O–H groups in total. The van der Waals surface area contributed by atoms with E-state index in [1.807, 2.05) is 30.3 Å². The first-order valence-electron chi connectivity index (χ1n) is 4.54. The summed E-state index contributed by atoms with van der Waals surface area (Å²) in [7, 11) is 0. The molecule has 0 aliphatic rings. The number of ether oxygens (including phenoxy) is 1. The number of nitrogens with one attached hydrogen (secondary N) is 1. The van der Waals surface area contributed by atoms with Crippen LogP contribution in [0.2, 0.25) is 0 Å². The van der Waals surface area contributed by atoms with Crippen molar-refractivity contribution in [2.24, 2.45) is 5.84 Å². The van der Waals surface area contributed by atoms with Crippen molar-refractivity contribution in [2.45, 2.75) is 0 Å². The molecule has 0 saturated heterocycles. The number of nitrogens with zero attached hydrogens (tertiary/aromatic N) is 1. The summed E-state index contributed by atoms with van der Waals surface area (Å²) in [5.41, 5.74) is 2.46. The average molecular weight is 201 g/mol. The number of nitrogens with two attached hydrogens (primary N) is 1. The molecule has 0 atom stereocenters. The molecule has 4 heteroatoms. The maximum Gasteiger partial charge on any atom is 0.143 e. The van der Waals surface area contributed by atoms with Crippen LogP contribution in [0, 0.1) is 0 Å². The van der Waals surface area contributed by atoms with Crippen molar-refractivity contribution in [3.05, 3.63) is 48.7 Å². The lowest BCUT2D eigenvalue weighted by molar-refractivity contribution is 0.482. The quantitative estimate of drug-likeness (QED) is 0.590. The third-order valence-corrected chi connectivity index (χ3v) is 1.86. The molecule has 0 unspecified atom stereocenters. The Balaban J connectivity index is 2.17. The number of rotatable bonds is 3. The number of aromatic nitrogens is 1. The SMILES string of the molecule is NNc1cc(Oc2ccccc2)ccn1. The van der Waals surface area contributed by atoms with Crippen molar-refractivity contribution in [3.63, 3.8) is 0 Å². The van der Waals surface area contributed by atoms with Crippen LogP contribution < -0.4 is 16.0 Å². The third kappa shape index (κ3) is 2.45. The number of anilines is 1. The second-order valence-corrected chi connectivity index (χ2v) is 2.94.